The zero-order valence-corrected chi connectivity index (χ0v) is 11.8. The summed E-state index contributed by atoms with van der Waals surface area (Å²) in [4.78, 5) is 12.4. The van der Waals surface area contributed by atoms with E-state index in [0.717, 1.165) is 5.76 Å². The van der Waals surface area contributed by atoms with Crippen LogP contribution in [0.4, 0.5) is 0 Å². The zero-order valence-electron chi connectivity index (χ0n) is 11.8. The van der Waals surface area contributed by atoms with Gasteiger partial charge < -0.3 is 20.7 Å². The number of furan rings is 1. The lowest BCUT2D eigenvalue weighted by Crippen LogP contribution is -2.58. The quantitative estimate of drug-likeness (QED) is 0.329. The lowest BCUT2D eigenvalue weighted by atomic mass is 9.61. The summed E-state index contributed by atoms with van der Waals surface area (Å²) in [6.07, 6.45) is 3.44. The van der Waals surface area contributed by atoms with Gasteiger partial charge in [0.2, 0.25) is 5.91 Å². The number of nitrogens with one attached hydrogen (secondary N) is 1. The lowest BCUT2D eigenvalue weighted by molar-refractivity contribution is -0.133. The molecule has 1 heterocycles. The summed E-state index contributed by atoms with van der Waals surface area (Å²) < 4.78 is 5.26. The Morgan fingerprint density at radius 1 is 1.70 bits per heavy atom. The number of nitrogens with two attached hydrogens (primary N) is 1. The zero-order chi connectivity index (χ0) is 14.8. The highest BCUT2D eigenvalue weighted by Crippen LogP contribution is 2.45. The number of amides is 1. The summed E-state index contributed by atoms with van der Waals surface area (Å²) >= 11 is 0. The summed E-state index contributed by atoms with van der Waals surface area (Å²) in [6.45, 7) is 3.95. The Kier molecular flexibility index (Phi) is 4.01. The van der Waals surface area contributed by atoms with Crippen molar-refractivity contribution in [3.8, 4) is 0 Å². The average Bonchev–Trinajstić information content (AvgIpc) is 2.86. The van der Waals surface area contributed by atoms with Gasteiger partial charge in [0.15, 0.2) is 5.84 Å². The summed E-state index contributed by atoms with van der Waals surface area (Å²) in [5.41, 5.74) is 4.85. The molecule has 1 atom stereocenters. The molecule has 0 saturated heterocycles. The first-order chi connectivity index (χ1) is 9.48. The first-order valence-electron chi connectivity index (χ1n) is 6.79. The number of hydrogen-bond acceptors (Lipinski definition) is 4. The van der Waals surface area contributed by atoms with Gasteiger partial charge in [0.1, 0.15) is 11.2 Å². The number of carbonyl (C=O) groups is 1. The van der Waals surface area contributed by atoms with Gasteiger partial charge in [-0.25, -0.2) is 0 Å². The van der Waals surface area contributed by atoms with Crippen LogP contribution in [0, 0.1) is 11.3 Å². The highest BCUT2D eigenvalue weighted by molar-refractivity contribution is 6.07. The Labute approximate surface area is 118 Å². The Balaban J connectivity index is 1.99. The maximum absolute atomic E-state index is 12.4. The normalized spacial score (nSPS) is 27.7. The molecule has 1 fully saturated rings. The van der Waals surface area contributed by atoms with Gasteiger partial charge in [-0.1, -0.05) is 12.1 Å². The van der Waals surface area contributed by atoms with Gasteiger partial charge in [-0.2, -0.15) is 0 Å². The van der Waals surface area contributed by atoms with Crippen molar-refractivity contribution >= 4 is 11.7 Å². The second-order valence-corrected chi connectivity index (χ2v) is 5.74. The molecular formula is C14H21N3O3. The summed E-state index contributed by atoms with van der Waals surface area (Å²) in [6, 6.07) is 3.61. The van der Waals surface area contributed by atoms with Crippen molar-refractivity contribution in [1.29, 1.82) is 0 Å². The summed E-state index contributed by atoms with van der Waals surface area (Å²) in [5, 5.41) is 14.8. The van der Waals surface area contributed by atoms with Crippen LogP contribution in [0.25, 0.3) is 0 Å². The Hall–Kier alpha value is -1.98. The van der Waals surface area contributed by atoms with E-state index in [0.29, 0.717) is 25.2 Å². The minimum Gasteiger partial charge on any atom is -0.469 e. The van der Waals surface area contributed by atoms with Crippen LogP contribution in [0.2, 0.25) is 0 Å². The average molecular weight is 279 g/mol. The SMILES string of the molecule is CC1CC(C(=O)NC(C)Cc2ccco2)(/C(N)=N/O)C1. The van der Waals surface area contributed by atoms with Crippen molar-refractivity contribution in [2.75, 3.05) is 0 Å². The molecule has 110 valence electrons. The van der Waals surface area contributed by atoms with Crippen LogP contribution in [-0.2, 0) is 11.2 Å². The van der Waals surface area contributed by atoms with Crippen LogP contribution in [0.15, 0.2) is 28.0 Å². The molecule has 2 rings (SSSR count). The van der Waals surface area contributed by atoms with Crippen molar-refractivity contribution < 1.29 is 14.4 Å². The molecule has 20 heavy (non-hydrogen) atoms. The standard InChI is InChI=1S/C14H21N3O3/c1-9-7-14(8-9,12(15)17-19)13(18)16-10(2)6-11-4-3-5-20-11/h3-5,9-10,19H,6-8H2,1-2H3,(H2,15,17)(H,16,18). The molecule has 1 amide bonds. The third-order valence-electron chi connectivity index (χ3n) is 3.89. The largest absolute Gasteiger partial charge is 0.469 e. The molecule has 1 unspecified atom stereocenters. The van der Waals surface area contributed by atoms with E-state index in [1.807, 2.05) is 26.0 Å². The fourth-order valence-corrected chi connectivity index (χ4v) is 2.88. The predicted molar refractivity (Wildman–Crippen MR) is 74.3 cm³/mol. The summed E-state index contributed by atoms with van der Waals surface area (Å²) in [5.74, 6) is 1.04. The molecule has 4 N–H and O–H groups in total. The van der Waals surface area contributed by atoms with Gasteiger partial charge in [-0.05, 0) is 37.8 Å². The van der Waals surface area contributed by atoms with Crippen LogP contribution >= 0.6 is 0 Å². The van der Waals surface area contributed by atoms with E-state index < -0.39 is 5.41 Å². The Morgan fingerprint density at radius 2 is 2.40 bits per heavy atom. The number of carbonyl (C=O) groups excluding carboxylic acids is 1. The summed E-state index contributed by atoms with van der Waals surface area (Å²) in [7, 11) is 0. The van der Waals surface area contributed by atoms with Crippen molar-refractivity contribution in [2.24, 2.45) is 22.2 Å². The predicted octanol–water partition coefficient (Wildman–Crippen LogP) is 1.49. The number of amidine groups is 1. The second kappa shape index (κ2) is 5.56. The molecule has 1 saturated carbocycles. The molecule has 1 aliphatic carbocycles. The lowest BCUT2D eigenvalue weighted by Gasteiger charge is -2.44. The Morgan fingerprint density at radius 3 is 2.90 bits per heavy atom. The highest BCUT2D eigenvalue weighted by Gasteiger charge is 2.52. The third-order valence-corrected chi connectivity index (χ3v) is 3.89. The third kappa shape index (κ3) is 2.64. The minimum atomic E-state index is -0.856. The van der Waals surface area contributed by atoms with Crippen LogP contribution in [-0.4, -0.2) is 23.0 Å². The van der Waals surface area contributed by atoms with E-state index in [2.05, 4.69) is 10.5 Å². The van der Waals surface area contributed by atoms with Crippen molar-refractivity contribution in [3.05, 3.63) is 24.2 Å². The van der Waals surface area contributed by atoms with E-state index in [-0.39, 0.29) is 17.8 Å². The fraction of sp³-hybridized carbons (Fsp3) is 0.571. The number of nitrogens with zero attached hydrogens (tertiary/aromatic N) is 1. The Bertz CT molecular complexity index is 490. The van der Waals surface area contributed by atoms with E-state index in [1.165, 1.54) is 0 Å². The molecule has 0 spiro atoms. The molecule has 0 aromatic carbocycles. The second-order valence-electron chi connectivity index (χ2n) is 5.74. The van der Waals surface area contributed by atoms with E-state index in [9.17, 15) is 4.79 Å². The molecule has 0 radical (unpaired) electrons. The highest BCUT2D eigenvalue weighted by atomic mass is 16.4. The smallest absolute Gasteiger partial charge is 0.234 e. The van der Waals surface area contributed by atoms with E-state index in [1.54, 1.807) is 6.26 Å². The number of oxime groups is 1. The van der Waals surface area contributed by atoms with Gasteiger partial charge in [0, 0.05) is 12.5 Å². The van der Waals surface area contributed by atoms with Crippen molar-refractivity contribution in [1.82, 2.24) is 5.32 Å². The molecule has 6 heteroatoms. The molecule has 6 nitrogen and oxygen atoms in total. The minimum absolute atomic E-state index is 0.00158. The molecule has 1 aromatic rings. The van der Waals surface area contributed by atoms with E-state index in [4.69, 9.17) is 15.4 Å². The van der Waals surface area contributed by atoms with Crippen LogP contribution in [0.5, 0.6) is 0 Å². The monoisotopic (exact) mass is 279 g/mol. The van der Waals surface area contributed by atoms with E-state index >= 15 is 0 Å². The first-order valence-corrected chi connectivity index (χ1v) is 6.79. The number of rotatable bonds is 5. The van der Waals surface area contributed by atoms with Gasteiger partial charge in [0.05, 0.1) is 6.26 Å². The topological polar surface area (TPSA) is 101 Å². The molecule has 0 bridgehead atoms. The molecule has 0 aliphatic heterocycles. The van der Waals surface area contributed by atoms with Crippen LogP contribution in [0.3, 0.4) is 0 Å². The van der Waals surface area contributed by atoms with Gasteiger partial charge in [-0.3, -0.25) is 4.79 Å². The van der Waals surface area contributed by atoms with Crippen LogP contribution < -0.4 is 11.1 Å². The molecule has 1 aliphatic rings. The fourth-order valence-electron chi connectivity index (χ4n) is 2.88. The number of hydrogen-bond donors (Lipinski definition) is 3. The molecular weight excluding hydrogens is 258 g/mol. The maximum Gasteiger partial charge on any atom is 0.234 e. The van der Waals surface area contributed by atoms with Gasteiger partial charge in [0.25, 0.3) is 0 Å². The van der Waals surface area contributed by atoms with Crippen molar-refractivity contribution in [3.63, 3.8) is 0 Å². The van der Waals surface area contributed by atoms with Gasteiger partial charge in [-0.15, -0.1) is 0 Å². The first kappa shape index (κ1) is 14.4. The van der Waals surface area contributed by atoms with Crippen LogP contribution in [0.1, 0.15) is 32.4 Å². The molecule has 1 aromatic heterocycles. The maximum atomic E-state index is 12.4. The van der Waals surface area contributed by atoms with Gasteiger partial charge >= 0.3 is 0 Å². The van der Waals surface area contributed by atoms with Crippen molar-refractivity contribution in [2.45, 2.75) is 39.2 Å².